The van der Waals surface area contributed by atoms with Gasteiger partial charge in [0.25, 0.3) is 0 Å². The standard InChI is InChI=1S/Ca.Mg.H4O4Si.2O/c;;1-5(2,3)4;;/h;;1-4H;;/q2*+2;;2*-2. The predicted molar refractivity (Wildman–Crippen MR) is 27.5 cm³/mol. The molecule has 0 spiro atoms. The van der Waals surface area contributed by atoms with Gasteiger partial charge in [-0.25, -0.2) is 0 Å². The summed E-state index contributed by atoms with van der Waals surface area (Å²) in [6, 6.07) is 0. The van der Waals surface area contributed by atoms with Crippen LogP contribution in [-0.2, 0) is 11.0 Å². The van der Waals surface area contributed by atoms with Gasteiger partial charge >= 0.3 is 69.8 Å². The van der Waals surface area contributed by atoms with Gasteiger partial charge in [-0.2, -0.15) is 0 Å². The number of rotatable bonds is 0. The molecule has 0 atom stereocenters. The monoisotopic (exact) mass is 192 g/mol. The van der Waals surface area contributed by atoms with Gasteiger partial charge in [-0.1, -0.05) is 0 Å². The molecule has 0 amide bonds. The predicted octanol–water partition coefficient (Wildman–Crippen LogP) is -3.61. The molecule has 9 heavy (non-hydrogen) atoms. The molecule has 0 aliphatic rings. The van der Waals surface area contributed by atoms with Crippen LogP contribution in [0.15, 0.2) is 0 Å². The molecule has 0 unspecified atom stereocenters. The molecule has 4 N–H and O–H groups in total. The molecule has 0 aromatic carbocycles. The molecule has 0 bridgehead atoms. The van der Waals surface area contributed by atoms with Crippen molar-refractivity contribution in [1.82, 2.24) is 0 Å². The molecule has 0 aliphatic heterocycles. The van der Waals surface area contributed by atoms with E-state index in [1.807, 2.05) is 0 Å². The minimum atomic E-state index is -4.61. The van der Waals surface area contributed by atoms with Crippen LogP contribution in [0, 0.1) is 0 Å². The molecule has 9 heteroatoms. The Labute approximate surface area is 98.8 Å². The maximum atomic E-state index is 7.33. The Morgan fingerprint density at radius 3 is 0.778 bits per heavy atom. The summed E-state index contributed by atoms with van der Waals surface area (Å²) in [5.41, 5.74) is 0. The smallest absolute Gasteiger partial charge is 2.00 e. The van der Waals surface area contributed by atoms with Crippen LogP contribution < -0.4 is 0 Å². The van der Waals surface area contributed by atoms with Crippen molar-refractivity contribution in [2.45, 2.75) is 0 Å². The average molecular weight is 192 g/mol. The van der Waals surface area contributed by atoms with Crippen LogP contribution in [0.3, 0.4) is 0 Å². The SMILES string of the molecule is O[Si](O)(O)O.[Ca+2].[Mg+2].[O-2].[O-2]. The van der Waals surface area contributed by atoms with Crippen LogP contribution in [0.5, 0.6) is 0 Å². The summed E-state index contributed by atoms with van der Waals surface area (Å²) >= 11 is 0. The molecular weight excluding hydrogens is 188 g/mol. The molecule has 0 saturated heterocycles. The molecular formula is H4CaMgO6Si. The van der Waals surface area contributed by atoms with Gasteiger partial charge in [-0.05, 0) is 0 Å². The first-order chi connectivity index (χ1) is 2.00. The fourth-order valence-corrected chi connectivity index (χ4v) is 0. The van der Waals surface area contributed by atoms with Crippen LogP contribution in [0.1, 0.15) is 0 Å². The van der Waals surface area contributed by atoms with Gasteiger partial charge in [-0.3, -0.25) is 0 Å². The van der Waals surface area contributed by atoms with Crippen LogP contribution >= 0.6 is 0 Å². The van der Waals surface area contributed by atoms with Gasteiger partial charge in [0, 0.05) is 0 Å². The van der Waals surface area contributed by atoms with Crippen molar-refractivity contribution in [3.63, 3.8) is 0 Å². The maximum absolute atomic E-state index is 7.33. The molecule has 0 radical (unpaired) electrons. The molecule has 0 aromatic rings. The molecule has 0 rings (SSSR count). The average Bonchev–Trinajstić information content (AvgIpc) is 0.722. The van der Waals surface area contributed by atoms with Gasteiger partial charge in [0.2, 0.25) is 0 Å². The minimum absolute atomic E-state index is 0. The van der Waals surface area contributed by atoms with E-state index in [1.54, 1.807) is 0 Å². The zero-order valence-electron chi connectivity index (χ0n) is 4.52. The summed E-state index contributed by atoms with van der Waals surface area (Å²) < 4.78 is 0. The molecule has 0 heterocycles. The first-order valence-corrected chi connectivity index (χ1v) is 2.68. The van der Waals surface area contributed by atoms with E-state index in [2.05, 4.69) is 0 Å². The van der Waals surface area contributed by atoms with Crippen LogP contribution in [0.2, 0.25) is 0 Å². The van der Waals surface area contributed by atoms with Gasteiger partial charge in [0.05, 0.1) is 0 Å². The third-order valence-electron chi connectivity index (χ3n) is 0. The second kappa shape index (κ2) is 12.7. The molecule has 0 saturated carbocycles. The zero-order chi connectivity index (χ0) is 4.50. The van der Waals surface area contributed by atoms with E-state index in [-0.39, 0.29) is 71.7 Å². The van der Waals surface area contributed by atoms with Crippen LogP contribution in [-0.4, -0.2) is 89.0 Å². The quantitative estimate of drug-likeness (QED) is 0.294. The summed E-state index contributed by atoms with van der Waals surface area (Å²) in [4.78, 5) is 29.3. The van der Waals surface area contributed by atoms with E-state index in [0.717, 1.165) is 0 Å². The van der Waals surface area contributed by atoms with Crippen molar-refractivity contribution in [2.24, 2.45) is 0 Å². The fourth-order valence-electron chi connectivity index (χ4n) is 0. The third kappa shape index (κ3) is 160. The maximum Gasteiger partial charge on any atom is 2.00 e. The third-order valence-corrected chi connectivity index (χ3v) is 0. The molecule has 48 valence electrons. The summed E-state index contributed by atoms with van der Waals surface area (Å²) in [6.45, 7) is 0. The first-order valence-electron chi connectivity index (χ1n) is 0.894. The minimum Gasteiger partial charge on any atom is -2.00 e. The molecule has 0 aromatic heterocycles. The van der Waals surface area contributed by atoms with E-state index >= 15 is 0 Å². The second-order valence-corrected chi connectivity index (χ2v) is 1.80. The second-order valence-electron chi connectivity index (χ2n) is 0.600. The Morgan fingerprint density at radius 1 is 0.778 bits per heavy atom. The van der Waals surface area contributed by atoms with Crippen molar-refractivity contribution < 1.29 is 30.1 Å². The molecule has 6 nitrogen and oxygen atoms in total. The van der Waals surface area contributed by atoms with Crippen molar-refractivity contribution in [3.05, 3.63) is 0 Å². The van der Waals surface area contributed by atoms with Crippen LogP contribution in [0.4, 0.5) is 0 Å². The van der Waals surface area contributed by atoms with Gasteiger partial charge in [-0.15, -0.1) is 0 Å². The van der Waals surface area contributed by atoms with Crippen molar-refractivity contribution in [1.29, 1.82) is 0 Å². The Kier molecular flexibility index (Phi) is 43.0. The van der Waals surface area contributed by atoms with E-state index < -0.39 is 9.05 Å². The van der Waals surface area contributed by atoms with Gasteiger partial charge < -0.3 is 30.1 Å². The summed E-state index contributed by atoms with van der Waals surface area (Å²) in [7, 11) is -4.61. The van der Waals surface area contributed by atoms with Crippen molar-refractivity contribution >= 4 is 69.8 Å². The summed E-state index contributed by atoms with van der Waals surface area (Å²) in [5, 5.41) is 0. The van der Waals surface area contributed by atoms with E-state index in [0.29, 0.717) is 0 Å². The Bertz CT molecular complexity index is 28.5. The van der Waals surface area contributed by atoms with Crippen molar-refractivity contribution in [3.8, 4) is 0 Å². The van der Waals surface area contributed by atoms with E-state index in [1.165, 1.54) is 0 Å². The topological polar surface area (TPSA) is 138 Å². The zero-order valence-corrected chi connectivity index (χ0v) is 9.14. The van der Waals surface area contributed by atoms with E-state index in [4.69, 9.17) is 19.2 Å². The summed E-state index contributed by atoms with van der Waals surface area (Å²) in [5.74, 6) is 0. The molecule has 0 aliphatic carbocycles. The largest absolute Gasteiger partial charge is 2.00 e. The summed E-state index contributed by atoms with van der Waals surface area (Å²) in [6.07, 6.45) is 0. The van der Waals surface area contributed by atoms with Gasteiger partial charge in [0.15, 0.2) is 0 Å². The normalized spacial score (nSPS) is 6.67. The molecule has 0 fully saturated rings. The van der Waals surface area contributed by atoms with Gasteiger partial charge in [0.1, 0.15) is 0 Å². The van der Waals surface area contributed by atoms with Crippen LogP contribution in [0.25, 0.3) is 0 Å². The Hall–Kier alpha value is 2.00. The van der Waals surface area contributed by atoms with E-state index in [9.17, 15) is 0 Å². The fraction of sp³-hybridized carbons (Fsp3) is 0. The Morgan fingerprint density at radius 2 is 0.778 bits per heavy atom. The Balaban J connectivity index is -0.0000000133. The number of hydrogen-bond acceptors (Lipinski definition) is 4. The number of hydrogen-bond donors (Lipinski definition) is 4. The first kappa shape index (κ1) is 30.6. The van der Waals surface area contributed by atoms with Crippen molar-refractivity contribution in [2.75, 3.05) is 0 Å².